The van der Waals surface area contributed by atoms with E-state index in [-0.39, 0.29) is 30.2 Å². The van der Waals surface area contributed by atoms with Crippen molar-refractivity contribution in [2.75, 3.05) is 6.61 Å². The predicted molar refractivity (Wildman–Crippen MR) is 59.3 cm³/mol. The number of nitrogens with zero attached hydrogens (tertiary/aromatic N) is 2. The van der Waals surface area contributed by atoms with Crippen LogP contribution in [0.25, 0.3) is 0 Å². The first-order valence-corrected chi connectivity index (χ1v) is 5.93. The van der Waals surface area contributed by atoms with Crippen molar-refractivity contribution in [3.05, 3.63) is 11.4 Å². The summed E-state index contributed by atoms with van der Waals surface area (Å²) >= 11 is 0. The summed E-state index contributed by atoms with van der Waals surface area (Å²) in [5, 5.41) is 19.3. The molecule has 94 valence electrons. The number of carbonyl (C=O) groups excluding carboxylic acids is 1. The molecule has 17 heavy (non-hydrogen) atoms. The normalized spacial score (nSPS) is 24.6. The summed E-state index contributed by atoms with van der Waals surface area (Å²) in [6.07, 6.45) is 4.05. The van der Waals surface area contributed by atoms with E-state index in [9.17, 15) is 9.90 Å². The number of aromatic nitrogens is 2. The Bertz CT molecular complexity index is 391. The van der Waals surface area contributed by atoms with Crippen molar-refractivity contribution in [2.45, 2.75) is 38.6 Å². The average Bonchev–Trinajstić information content (AvgIpc) is 2.76. The Hall–Kier alpha value is -1.43. The van der Waals surface area contributed by atoms with Gasteiger partial charge in [-0.25, -0.2) is 4.63 Å². The highest BCUT2D eigenvalue weighted by atomic mass is 16.6. The summed E-state index contributed by atoms with van der Waals surface area (Å²) in [7, 11) is 0. The molecule has 0 bridgehead atoms. The van der Waals surface area contributed by atoms with Crippen LogP contribution in [0.15, 0.2) is 4.63 Å². The number of nitrogens with one attached hydrogen (secondary N) is 1. The van der Waals surface area contributed by atoms with Crippen LogP contribution in [0, 0.1) is 12.8 Å². The smallest absolute Gasteiger partial charge is 0.275 e. The lowest BCUT2D eigenvalue weighted by Crippen LogP contribution is -2.43. The molecule has 1 aromatic heterocycles. The van der Waals surface area contributed by atoms with Gasteiger partial charge in [0, 0.05) is 18.6 Å². The van der Waals surface area contributed by atoms with E-state index in [2.05, 4.69) is 20.3 Å². The fourth-order valence-corrected chi connectivity index (χ4v) is 2.29. The molecule has 2 unspecified atom stereocenters. The first kappa shape index (κ1) is 12.0. The average molecular weight is 239 g/mol. The van der Waals surface area contributed by atoms with Crippen LogP contribution in [-0.4, -0.2) is 34.0 Å². The van der Waals surface area contributed by atoms with E-state index in [1.807, 2.05) is 0 Å². The lowest BCUT2D eigenvalue weighted by molar-refractivity contribution is 0.0862. The summed E-state index contributed by atoms with van der Waals surface area (Å²) in [5.74, 6) is -0.123. The minimum absolute atomic E-state index is 0.0253. The Morgan fingerprint density at radius 2 is 2.24 bits per heavy atom. The molecule has 6 heteroatoms. The number of amides is 1. The second-order valence-corrected chi connectivity index (χ2v) is 4.51. The van der Waals surface area contributed by atoms with E-state index in [0.29, 0.717) is 5.69 Å². The number of hydrogen-bond acceptors (Lipinski definition) is 5. The molecule has 0 radical (unpaired) electrons. The van der Waals surface area contributed by atoms with Gasteiger partial charge in [-0.3, -0.25) is 4.79 Å². The maximum Gasteiger partial charge on any atom is 0.275 e. The van der Waals surface area contributed by atoms with Crippen molar-refractivity contribution in [2.24, 2.45) is 5.92 Å². The maximum absolute atomic E-state index is 11.9. The molecule has 1 heterocycles. The summed E-state index contributed by atoms with van der Waals surface area (Å²) in [6.45, 7) is 1.79. The molecule has 1 amide bonds. The zero-order valence-corrected chi connectivity index (χ0v) is 9.85. The number of aliphatic hydroxyl groups excluding tert-OH is 1. The summed E-state index contributed by atoms with van der Waals surface area (Å²) in [6, 6.07) is 0.0253. The van der Waals surface area contributed by atoms with Gasteiger partial charge in [-0.2, -0.15) is 0 Å². The van der Waals surface area contributed by atoms with E-state index in [1.165, 1.54) is 0 Å². The molecular weight excluding hydrogens is 222 g/mol. The third-order valence-electron chi connectivity index (χ3n) is 3.33. The molecule has 2 rings (SSSR count). The van der Waals surface area contributed by atoms with Gasteiger partial charge in [0.15, 0.2) is 5.69 Å². The van der Waals surface area contributed by atoms with Crippen molar-refractivity contribution in [3.63, 3.8) is 0 Å². The lowest BCUT2D eigenvalue weighted by atomic mass is 9.85. The van der Waals surface area contributed by atoms with Gasteiger partial charge < -0.3 is 10.4 Å². The number of aryl methyl sites for hydroxylation is 1. The summed E-state index contributed by atoms with van der Waals surface area (Å²) in [5.41, 5.74) is 0.714. The second-order valence-electron chi connectivity index (χ2n) is 4.51. The highest BCUT2D eigenvalue weighted by Crippen LogP contribution is 2.24. The molecule has 6 nitrogen and oxygen atoms in total. The van der Waals surface area contributed by atoms with Gasteiger partial charge in [-0.15, -0.1) is 0 Å². The molecular formula is C11H17N3O3. The van der Waals surface area contributed by atoms with Crippen LogP contribution < -0.4 is 5.32 Å². The first-order chi connectivity index (χ1) is 8.22. The van der Waals surface area contributed by atoms with Crippen LogP contribution in [0.5, 0.6) is 0 Å². The Morgan fingerprint density at radius 3 is 2.88 bits per heavy atom. The second kappa shape index (κ2) is 5.27. The van der Waals surface area contributed by atoms with Crippen molar-refractivity contribution < 1.29 is 14.5 Å². The largest absolute Gasteiger partial charge is 0.396 e. The Kier molecular flexibility index (Phi) is 3.73. The molecule has 1 fully saturated rings. The first-order valence-electron chi connectivity index (χ1n) is 5.93. The van der Waals surface area contributed by atoms with Crippen LogP contribution in [-0.2, 0) is 0 Å². The van der Waals surface area contributed by atoms with Crippen molar-refractivity contribution >= 4 is 5.91 Å². The van der Waals surface area contributed by atoms with Crippen molar-refractivity contribution in [1.29, 1.82) is 0 Å². The zero-order chi connectivity index (χ0) is 12.3. The summed E-state index contributed by atoms with van der Waals surface area (Å²) in [4.78, 5) is 11.9. The Balaban J connectivity index is 2.00. The van der Waals surface area contributed by atoms with Crippen molar-refractivity contribution in [3.8, 4) is 0 Å². The quantitative estimate of drug-likeness (QED) is 0.808. The number of rotatable bonds is 3. The van der Waals surface area contributed by atoms with E-state index in [4.69, 9.17) is 0 Å². The van der Waals surface area contributed by atoms with Gasteiger partial charge in [-0.1, -0.05) is 18.0 Å². The standard InChI is InChI=1S/C11H17N3O3/c1-7-10(14-17-13-7)11(16)12-9-5-3-2-4-8(9)6-15/h8-9,15H,2-6H2,1H3,(H,12,16). The van der Waals surface area contributed by atoms with Gasteiger partial charge in [-0.05, 0) is 24.9 Å². The molecule has 2 atom stereocenters. The van der Waals surface area contributed by atoms with Gasteiger partial charge in [0.2, 0.25) is 0 Å². The van der Waals surface area contributed by atoms with Gasteiger partial charge in [0.05, 0.1) is 0 Å². The van der Waals surface area contributed by atoms with E-state index in [1.54, 1.807) is 6.92 Å². The minimum atomic E-state index is -0.269. The number of carbonyl (C=O) groups is 1. The molecule has 1 aliphatic carbocycles. The van der Waals surface area contributed by atoms with Gasteiger partial charge in [0.25, 0.3) is 5.91 Å². The van der Waals surface area contributed by atoms with Crippen LogP contribution in [0.4, 0.5) is 0 Å². The molecule has 2 N–H and O–H groups in total. The summed E-state index contributed by atoms with van der Waals surface area (Å²) < 4.78 is 4.50. The molecule has 0 spiro atoms. The minimum Gasteiger partial charge on any atom is -0.396 e. The van der Waals surface area contributed by atoms with Crippen LogP contribution >= 0.6 is 0 Å². The Morgan fingerprint density at radius 1 is 1.47 bits per heavy atom. The fourth-order valence-electron chi connectivity index (χ4n) is 2.29. The fraction of sp³-hybridized carbons (Fsp3) is 0.727. The Labute approximate surface area is 99.4 Å². The molecule has 1 aliphatic rings. The molecule has 0 aromatic carbocycles. The highest BCUT2D eigenvalue weighted by molar-refractivity contribution is 5.93. The molecule has 0 saturated heterocycles. The number of aliphatic hydroxyl groups is 1. The van der Waals surface area contributed by atoms with Crippen LogP contribution in [0.1, 0.15) is 41.9 Å². The van der Waals surface area contributed by atoms with Crippen LogP contribution in [0.2, 0.25) is 0 Å². The lowest BCUT2D eigenvalue weighted by Gasteiger charge is -2.30. The SMILES string of the molecule is Cc1nonc1C(=O)NC1CCCCC1CO. The topological polar surface area (TPSA) is 88.2 Å². The number of hydrogen-bond donors (Lipinski definition) is 2. The molecule has 0 aliphatic heterocycles. The maximum atomic E-state index is 11.9. The van der Waals surface area contributed by atoms with Gasteiger partial charge >= 0.3 is 0 Å². The molecule has 1 aromatic rings. The predicted octanol–water partition coefficient (Wildman–Crippen LogP) is 0.659. The monoisotopic (exact) mass is 239 g/mol. The van der Waals surface area contributed by atoms with Gasteiger partial charge in [0.1, 0.15) is 5.69 Å². The molecule has 1 saturated carbocycles. The van der Waals surface area contributed by atoms with E-state index < -0.39 is 0 Å². The van der Waals surface area contributed by atoms with Crippen molar-refractivity contribution in [1.82, 2.24) is 15.6 Å². The third-order valence-corrected chi connectivity index (χ3v) is 3.33. The highest BCUT2D eigenvalue weighted by Gasteiger charge is 2.27. The zero-order valence-electron chi connectivity index (χ0n) is 9.85. The van der Waals surface area contributed by atoms with E-state index >= 15 is 0 Å². The van der Waals surface area contributed by atoms with E-state index in [0.717, 1.165) is 25.7 Å². The van der Waals surface area contributed by atoms with Crippen LogP contribution in [0.3, 0.4) is 0 Å². The third kappa shape index (κ3) is 2.63.